The van der Waals surface area contributed by atoms with Gasteiger partial charge in [-0.15, -0.1) is 0 Å². The second kappa shape index (κ2) is 7.68. The third-order valence-electron chi connectivity index (χ3n) is 3.72. The van der Waals surface area contributed by atoms with Crippen LogP contribution in [0.5, 0.6) is 11.5 Å². The van der Waals surface area contributed by atoms with Gasteiger partial charge < -0.3 is 19.3 Å². The molecule has 1 fully saturated rings. The molecule has 1 aromatic rings. The van der Waals surface area contributed by atoms with Gasteiger partial charge in [-0.1, -0.05) is 0 Å². The van der Waals surface area contributed by atoms with Gasteiger partial charge in [0.2, 0.25) is 5.91 Å². The van der Waals surface area contributed by atoms with Crippen molar-refractivity contribution in [1.82, 2.24) is 9.80 Å². The topological polar surface area (TPSA) is 59.1 Å². The van der Waals surface area contributed by atoms with Crippen molar-refractivity contribution in [2.24, 2.45) is 0 Å². The number of amides is 2. The number of carbonyl (C=O) groups excluding carboxylic acids is 2. The van der Waals surface area contributed by atoms with Gasteiger partial charge in [0.25, 0.3) is 5.91 Å². The molecule has 2 rings (SSSR count). The summed E-state index contributed by atoms with van der Waals surface area (Å²) in [6.07, 6.45) is 0.799. The molecule has 0 atom stereocenters. The molecule has 0 radical (unpaired) electrons. The van der Waals surface area contributed by atoms with Gasteiger partial charge in [-0.3, -0.25) is 9.59 Å². The van der Waals surface area contributed by atoms with Crippen molar-refractivity contribution in [3.63, 3.8) is 0 Å². The number of benzene rings is 1. The van der Waals surface area contributed by atoms with Crippen LogP contribution in [0.15, 0.2) is 24.3 Å². The summed E-state index contributed by atoms with van der Waals surface area (Å²) in [7, 11) is 1.60. The summed E-state index contributed by atoms with van der Waals surface area (Å²) in [4.78, 5) is 27.1. The highest BCUT2D eigenvalue weighted by atomic mass is 16.5. The van der Waals surface area contributed by atoms with Crippen LogP contribution in [0, 0.1) is 0 Å². The molecule has 6 nitrogen and oxygen atoms in total. The third-order valence-corrected chi connectivity index (χ3v) is 3.72. The Kier molecular flexibility index (Phi) is 5.63. The quantitative estimate of drug-likeness (QED) is 0.837. The van der Waals surface area contributed by atoms with E-state index in [9.17, 15) is 9.59 Å². The van der Waals surface area contributed by atoms with Crippen molar-refractivity contribution in [2.75, 3.05) is 39.9 Å². The van der Waals surface area contributed by atoms with Crippen LogP contribution >= 0.6 is 0 Å². The van der Waals surface area contributed by atoms with Crippen molar-refractivity contribution in [2.45, 2.75) is 13.3 Å². The molecule has 1 aromatic carbocycles. The highest BCUT2D eigenvalue weighted by molar-refractivity contribution is 5.78. The molecule has 0 aromatic heterocycles. The predicted octanol–water partition coefficient (Wildman–Crippen LogP) is 1.15. The zero-order valence-electron chi connectivity index (χ0n) is 13.1. The normalized spacial score (nSPS) is 15.2. The molecule has 2 amide bonds. The monoisotopic (exact) mass is 306 g/mol. The van der Waals surface area contributed by atoms with Gasteiger partial charge in [0.1, 0.15) is 11.5 Å². The van der Waals surface area contributed by atoms with Crippen molar-refractivity contribution >= 4 is 11.8 Å². The van der Waals surface area contributed by atoms with Gasteiger partial charge >= 0.3 is 0 Å². The number of carbonyl (C=O) groups is 2. The Morgan fingerprint density at radius 2 is 1.59 bits per heavy atom. The van der Waals surface area contributed by atoms with E-state index in [-0.39, 0.29) is 18.4 Å². The lowest BCUT2D eigenvalue weighted by molar-refractivity contribution is -0.134. The van der Waals surface area contributed by atoms with E-state index in [0.717, 1.165) is 12.2 Å². The van der Waals surface area contributed by atoms with Gasteiger partial charge in [-0.05, 0) is 30.7 Å². The Morgan fingerprint density at radius 3 is 2.23 bits per heavy atom. The van der Waals surface area contributed by atoms with Crippen LogP contribution in [0.3, 0.4) is 0 Å². The van der Waals surface area contributed by atoms with E-state index < -0.39 is 0 Å². The van der Waals surface area contributed by atoms with E-state index in [2.05, 4.69) is 0 Å². The number of hydrogen-bond donors (Lipinski definition) is 0. The molecule has 22 heavy (non-hydrogen) atoms. The molecular formula is C16H22N2O4. The highest BCUT2D eigenvalue weighted by Crippen LogP contribution is 2.17. The maximum atomic E-state index is 12.2. The maximum Gasteiger partial charge on any atom is 0.260 e. The molecule has 1 saturated heterocycles. The predicted molar refractivity (Wildman–Crippen MR) is 81.9 cm³/mol. The number of hydrogen-bond acceptors (Lipinski definition) is 4. The summed E-state index contributed by atoms with van der Waals surface area (Å²) >= 11 is 0. The fourth-order valence-corrected chi connectivity index (χ4v) is 2.39. The second-order valence-electron chi connectivity index (χ2n) is 5.20. The molecule has 0 aliphatic carbocycles. The average Bonchev–Trinajstić information content (AvgIpc) is 2.79. The van der Waals surface area contributed by atoms with Gasteiger partial charge in [-0.2, -0.15) is 0 Å². The van der Waals surface area contributed by atoms with Crippen LogP contribution in [0.2, 0.25) is 0 Å². The lowest BCUT2D eigenvalue weighted by Gasteiger charge is -2.21. The lowest BCUT2D eigenvalue weighted by Crippen LogP contribution is -2.38. The van der Waals surface area contributed by atoms with E-state index in [1.54, 1.807) is 48.1 Å². The molecule has 0 saturated carbocycles. The van der Waals surface area contributed by atoms with Crippen LogP contribution in [-0.2, 0) is 9.59 Å². The molecule has 0 bridgehead atoms. The largest absolute Gasteiger partial charge is 0.497 e. The molecule has 1 aliphatic heterocycles. The van der Waals surface area contributed by atoms with Crippen molar-refractivity contribution < 1.29 is 19.1 Å². The average molecular weight is 306 g/mol. The summed E-state index contributed by atoms with van der Waals surface area (Å²) in [5.74, 6) is 1.38. The first-order chi connectivity index (χ1) is 10.6. The molecule has 1 heterocycles. The van der Waals surface area contributed by atoms with Crippen molar-refractivity contribution in [1.29, 1.82) is 0 Å². The third kappa shape index (κ3) is 4.38. The van der Waals surface area contributed by atoms with E-state index in [1.165, 1.54) is 0 Å². The minimum absolute atomic E-state index is 0.00635. The van der Waals surface area contributed by atoms with Crippen molar-refractivity contribution in [3.05, 3.63) is 24.3 Å². The Labute approximate surface area is 130 Å². The van der Waals surface area contributed by atoms with Crippen molar-refractivity contribution in [3.8, 4) is 11.5 Å². The first-order valence-corrected chi connectivity index (χ1v) is 7.40. The van der Waals surface area contributed by atoms with Crippen LogP contribution in [0.4, 0.5) is 0 Å². The minimum Gasteiger partial charge on any atom is -0.497 e. The molecule has 0 unspecified atom stereocenters. The first kappa shape index (κ1) is 16.1. The zero-order valence-corrected chi connectivity index (χ0v) is 13.1. The van der Waals surface area contributed by atoms with E-state index in [4.69, 9.17) is 9.47 Å². The fourth-order valence-electron chi connectivity index (χ4n) is 2.39. The number of nitrogens with zero attached hydrogens (tertiary/aromatic N) is 2. The highest BCUT2D eigenvalue weighted by Gasteiger charge is 2.20. The Hall–Kier alpha value is -2.24. The Balaban J connectivity index is 1.82. The van der Waals surface area contributed by atoms with Crippen LogP contribution in [-0.4, -0.2) is 61.5 Å². The van der Waals surface area contributed by atoms with E-state index >= 15 is 0 Å². The van der Waals surface area contributed by atoms with Crippen LogP contribution in [0.1, 0.15) is 13.3 Å². The summed E-state index contributed by atoms with van der Waals surface area (Å²) < 4.78 is 10.6. The van der Waals surface area contributed by atoms with Gasteiger partial charge in [0.05, 0.1) is 7.11 Å². The summed E-state index contributed by atoms with van der Waals surface area (Å²) in [6.45, 7) is 4.08. The molecule has 0 N–H and O–H groups in total. The molecular weight excluding hydrogens is 284 g/mol. The standard InChI is InChI=1S/C16H22N2O4/c1-13(19)17-8-3-9-18(11-10-17)16(20)12-22-15-6-4-14(21-2)5-7-15/h4-7H,3,8-12H2,1-2H3. The van der Waals surface area contributed by atoms with Gasteiger partial charge in [0, 0.05) is 33.1 Å². The Morgan fingerprint density at radius 1 is 1.00 bits per heavy atom. The SMILES string of the molecule is COc1ccc(OCC(=O)N2CCCN(C(C)=O)CC2)cc1. The minimum atomic E-state index is -0.0544. The van der Waals surface area contributed by atoms with E-state index in [1.807, 2.05) is 0 Å². The number of methoxy groups -OCH3 is 1. The number of ether oxygens (including phenoxy) is 2. The smallest absolute Gasteiger partial charge is 0.260 e. The lowest BCUT2D eigenvalue weighted by atomic mass is 10.3. The summed E-state index contributed by atoms with van der Waals surface area (Å²) in [5.41, 5.74) is 0. The molecule has 0 spiro atoms. The molecule has 120 valence electrons. The Bertz CT molecular complexity index is 515. The zero-order chi connectivity index (χ0) is 15.9. The first-order valence-electron chi connectivity index (χ1n) is 7.40. The van der Waals surface area contributed by atoms with E-state index in [0.29, 0.717) is 31.9 Å². The summed E-state index contributed by atoms with van der Waals surface area (Å²) in [6, 6.07) is 7.12. The fraction of sp³-hybridized carbons (Fsp3) is 0.500. The maximum absolute atomic E-state index is 12.2. The van der Waals surface area contributed by atoms with Crippen LogP contribution in [0.25, 0.3) is 0 Å². The number of rotatable bonds is 4. The van der Waals surface area contributed by atoms with Gasteiger partial charge in [-0.25, -0.2) is 0 Å². The molecule has 6 heteroatoms. The van der Waals surface area contributed by atoms with Crippen LogP contribution < -0.4 is 9.47 Å². The van der Waals surface area contributed by atoms with Gasteiger partial charge in [0.15, 0.2) is 6.61 Å². The summed E-state index contributed by atoms with van der Waals surface area (Å²) in [5, 5.41) is 0. The molecule has 1 aliphatic rings. The second-order valence-corrected chi connectivity index (χ2v) is 5.20.